The molecule has 0 unspecified atom stereocenters. The van der Waals surface area contributed by atoms with E-state index in [2.05, 4.69) is 67.9 Å². The maximum absolute atomic E-state index is 4.33. The van der Waals surface area contributed by atoms with Gasteiger partial charge in [0.1, 0.15) is 0 Å². The molecular formula is C21H33N5. The van der Waals surface area contributed by atoms with Gasteiger partial charge in [-0.15, -0.1) is 0 Å². The van der Waals surface area contributed by atoms with E-state index in [4.69, 9.17) is 0 Å². The Hall–Kier alpha value is -1.85. The number of piperazine rings is 1. The summed E-state index contributed by atoms with van der Waals surface area (Å²) in [4.78, 5) is 9.48. The lowest BCUT2D eigenvalue weighted by Gasteiger charge is -2.34. The van der Waals surface area contributed by atoms with Gasteiger partial charge in [-0.3, -0.25) is 9.89 Å². The quantitative estimate of drug-likeness (QED) is 0.340. The second-order valence-corrected chi connectivity index (χ2v) is 7.24. The van der Waals surface area contributed by atoms with Crippen LogP contribution in [0.5, 0.6) is 0 Å². The molecule has 1 aromatic rings. The predicted octanol–water partition coefficient (Wildman–Crippen LogP) is 2.08. The molecule has 1 heterocycles. The number of nitrogens with one attached hydrogen (secondary N) is 2. The smallest absolute Gasteiger partial charge is 0.191 e. The van der Waals surface area contributed by atoms with Crippen LogP contribution in [0.1, 0.15) is 24.8 Å². The molecule has 0 saturated carbocycles. The van der Waals surface area contributed by atoms with E-state index >= 15 is 0 Å². The minimum atomic E-state index is 0.513. The Morgan fingerprint density at radius 1 is 1.04 bits per heavy atom. The first kappa shape index (κ1) is 18.9. The van der Waals surface area contributed by atoms with Crippen molar-refractivity contribution in [2.24, 2.45) is 4.99 Å². The zero-order chi connectivity index (χ0) is 18.0. The van der Waals surface area contributed by atoms with Crippen molar-refractivity contribution in [3.63, 3.8) is 0 Å². The van der Waals surface area contributed by atoms with Gasteiger partial charge in [-0.25, -0.2) is 0 Å². The van der Waals surface area contributed by atoms with E-state index in [0.29, 0.717) is 6.04 Å². The maximum atomic E-state index is 4.33. The van der Waals surface area contributed by atoms with Gasteiger partial charge in [0.2, 0.25) is 0 Å². The van der Waals surface area contributed by atoms with Crippen molar-refractivity contribution in [2.75, 3.05) is 46.3 Å². The average molecular weight is 356 g/mol. The highest BCUT2D eigenvalue weighted by atomic mass is 15.3. The highest BCUT2D eigenvalue weighted by molar-refractivity contribution is 5.80. The highest BCUT2D eigenvalue weighted by Crippen LogP contribution is 2.09. The molecule has 2 aliphatic rings. The van der Waals surface area contributed by atoms with Crippen molar-refractivity contribution in [1.82, 2.24) is 20.4 Å². The van der Waals surface area contributed by atoms with E-state index in [1.807, 2.05) is 7.05 Å². The van der Waals surface area contributed by atoms with Crippen molar-refractivity contribution in [3.05, 3.63) is 48.0 Å². The summed E-state index contributed by atoms with van der Waals surface area (Å²) in [6, 6.07) is 11.3. The van der Waals surface area contributed by atoms with E-state index in [9.17, 15) is 0 Å². The first-order chi connectivity index (χ1) is 12.8. The fourth-order valence-electron chi connectivity index (χ4n) is 3.65. The summed E-state index contributed by atoms with van der Waals surface area (Å²) in [5.74, 6) is 0.936. The topological polar surface area (TPSA) is 42.9 Å². The molecule has 2 N–H and O–H groups in total. The van der Waals surface area contributed by atoms with E-state index < -0.39 is 0 Å². The molecule has 1 saturated heterocycles. The van der Waals surface area contributed by atoms with Gasteiger partial charge in [-0.1, -0.05) is 42.5 Å². The normalized spacial score (nSPS) is 19.8. The first-order valence-corrected chi connectivity index (χ1v) is 9.94. The van der Waals surface area contributed by atoms with Gasteiger partial charge in [-0.2, -0.15) is 0 Å². The van der Waals surface area contributed by atoms with Gasteiger partial charge in [0.15, 0.2) is 5.96 Å². The number of benzene rings is 1. The minimum absolute atomic E-state index is 0.513. The standard InChI is InChI=1S/C21H33N5/c1-22-21(24-20-10-5-6-11-20)23-12-7-13-25-14-16-26(17-15-25)18-19-8-3-2-4-9-19/h2-6,8-9,20H,7,10-18H2,1H3,(H2,22,23,24). The molecule has 142 valence electrons. The molecule has 5 nitrogen and oxygen atoms in total. The summed E-state index contributed by atoms with van der Waals surface area (Å²) < 4.78 is 0. The molecule has 3 rings (SSSR count). The number of aliphatic imine (C=N–C) groups is 1. The Morgan fingerprint density at radius 3 is 2.42 bits per heavy atom. The van der Waals surface area contributed by atoms with Crippen molar-refractivity contribution >= 4 is 5.96 Å². The Kier molecular flexibility index (Phi) is 7.52. The third-order valence-corrected chi connectivity index (χ3v) is 5.23. The van der Waals surface area contributed by atoms with Gasteiger partial charge < -0.3 is 15.5 Å². The molecular weight excluding hydrogens is 322 g/mol. The monoisotopic (exact) mass is 355 g/mol. The predicted molar refractivity (Wildman–Crippen MR) is 109 cm³/mol. The third kappa shape index (κ3) is 6.15. The molecule has 0 atom stereocenters. The number of hydrogen-bond acceptors (Lipinski definition) is 3. The van der Waals surface area contributed by atoms with Crippen molar-refractivity contribution in [1.29, 1.82) is 0 Å². The van der Waals surface area contributed by atoms with Gasteiger partial charge >= 0.3 is 0 Å². The van der Waals surface area contributed by atoms with E-state index in [0.717, 1.165) is 44.9 Å². The van der Waals surface area contributed by atoms with Crippen LogP contribution in [0.4, 0.5) is 0 Å². The van der Waals surface area contributed by atoms with Gasteiger partial charge in [0.05, 0.1) is 0 Å². The third-order valence-electron chi connectivity index (χ3n) is 5.23. The summed E-state index contributed by atoms with van der Waals surface area (Å²) in [6.07, 6.45) is 7.84. The number of guanidine groups is 1. The van der Waals surface area contributed by atoms with Crippen LogP contribution in [0.15, 0.2) is 47.5 Å². The highest BCUT2D eigenvalue weighted by Gasteiger charge is 2.16. The molecule has 0 bridgehead atoms. The van der Waals surface area contributed by atoms with Crippen LogP contribution < -0.4 is 10.6 Å². The second-order valence-electron chi connectivity index (χ2n) is 7.24. The zero-order valence-corrected chi connectivity index (χ0v) is 16.0. The summed E-state index contributed by atoms with van der Waals surface area (Å²) in [5, 5.41) is 6.94. The Morgan fingerprint density at radius 2 is 1.73 bits per heavy atom. The van der Waals surface area contributed by atoms with Gasteiger partial charge in [0.25, 0.3) is 0 Å². The molecule has 0 radical (unpaired) electrons. The van der Waals surface area contributed by atoms with Crippen LogP contribution in [0.3, 0.4) is 0 Å². The Labute approximate surface area is 158 Å². The van der Waals surface area contributed by atoms with Crippen LogP contribution >= 0.6 is 0 Å². The molecule has 5 heteroatoms. The van der Waals surface area contributed by atoms with Crippen LogP contribution in [-0.2, 0) is 6.54 Å². The van der Waals surface area contributed by atoms with Gasteiger partial charge in [0, 0.05) is 52.4 Å². The molecule has 1 fully saturated rings. The SMILES string of the molecule is CN=C(NCCCN1CCN(Cc2ccccc2)CC1)NC1CC=CC1. The second kappa shape index (κ2) is 10.3. The summed E-state index contributed by atoms with van der Waals surface area (Å²) >= 11 is 0. The van der Waals surface area contributed by atoms with Gasteiger partial charge in [-0.05, 0) is 31.4 Å². The first-order valence-electron chi connectivity index (χ1n) is 9.94. The van der Waals surface area contributed by atoms with E-state index in [1.54, 1.807) is 0 Å². The minimum Gasteiger partial charge on any atom is -0.356 e. The molecule has 0 aromatic heterocycles. The Balaban J connectivity index is 1.26. The van der Waals surface area contributed by atoms with Crippen molar-refractivity contribution in [2.45, 2.75) is 31.8 Å². The summed E-state index contributed by atoms with van der Waals surface area (Å²) in [6.45, 7) is 7.90. The fourth-order valence-corrected chi connectivity index (χ4v) is 3.65. The average Bonchev–Trinajstić information content (AvgIpc) is 3.19. The molecule has 1 aromatic carbocycles. The molecule has 0 amide bonds. The summed E-state index contributed by atoms with van der Waals surface area (Å²) in [5.41, 5.74) is 1.42. The number of rotatable bonds is 7. The van der Waals surface area contributed by atoms with Crippen LogP contribution in [0.25, 0.3) is 0 Å². The van der Waals surface area contributed by atoms with E-state index in [-0.39, 0.29) is 0 Å². The van der Waals surface area contributed by atoms with E-state index in [1.165, 1.54) is 31.7 Å². The maximum Gasteiger partial charge on any atom is 0.191 e. The lowest BCUT2D eigenvalue weighted by Crippen LogP contribution is -2.47. The van der Waals surface area contributed by atoms with Crippen molar-refractivity contribution in [3.8, 4) is 0 Å². The fraction of sp³-hybridized carbons (Fsp3) is 0.571. The van der Waals surface area contributed by atoms with Crippen LogP contribution in [0.2, 0.25) is 0 Å². The summed E-state index contributed by atoms with van der Waals surface area (Å²) in [7, 11) is 1.85. The zero-order valence-electron chi connectivity index (χ0n) is 16.0. The Bertz CT molecular complexity index is 567. The largest absolute Gasteiger partial charge is 0.356 e. The number of hydrogen-bond donors (Lipinski definition) is 2. The molecule has 26 heavy (non-hydrogen) atoms. The van der Waals surface area contributed by atoms with Crippen LogP contribution in [0, 0.1) is 0 Å². The van der Waals surface area contributed by atoms with Crippen molar-refractivity contribution < 1.29 is 0 Å². The molecule has 0 spiro atoms. The lowest BCUT2D eigenvalue weighted by molar-refractivity contribution is 0.126. The molecule has 1 aliphatic heterocycles. The lowest BCUT2D eigenvalue weighted by atomic mass is 10.2. The molecule has 1 aliphatic carbocycles. The van der Waals surface area contributed by atoms with Crippen LogP contribution in [-0.4, -0.2) is 68.1 Å². The number of nitrogens with zero attached hydrogens (tertiary/aromatic N) is 3.